The number of nitriles is 1. The van der Waals surface area contributed by atoms with Gasteiger partial charge in [0.25, 0.3) is 0 Å². The number of aliphatic hydroxyl groups excluding tert-OH is 1. The summed E-state index contributed by atoms with van der Waals surface area (Å²) in [5.41, 5.74) is 0. The minimum absolute atomic E-state index is 0.110. The van der Waals surface area contributed by atoms with Crippen molar-refractivity contribution in [2.75, 3.05) is 6.61 Å². The van der Waals surface area contributed by atoms with Crippen molar-refractivity contribution >= 4 is 0 Å². The van der Waals surface area contributed by atoms with Gasteiger partial charge in [-0.25, -0.2) is 0 Å². The van der Waals surface area contributed by atoms with Gasteiger partial charge in [-0.3, -0.25) is 5.32 Å². The maximum Gasteiger partial charge on any atom is 0.119 e. The molecule has 0 heterocycles. The third-order valence-corrected chi connectivity index (χ3v) is 1.44. The minimum Gasteiger partial charge on any atom is -0.394 e. The Labute approximate surface area is 61.7 Å². The first-order chi connectivity index (χ1) is 4.74. The standard InChI is InChI=1S/C7H14N2O/c1-3-6(2)9-7(4-8)5-10/h6-7,9-10H,3,5H2,1-2H3. The van der Waals surface area contributed by atoms with Crippen LogP contribution in [0.25, 0.3) is 0 Å². The van der Waals surface area contributed by atoms with Crippen LogP contribution in [0.4, 0.5) is 0 Å². The molecule has 0 saturated heterocycles. The molecular weight excluding hydrogens is 128 g/mol. The van der Waals surface area contributed by atoms with Gasteiger partial charge in [-0.15, -0.1) is 0 Å². The summed E-state index contributed by atoms with van der Waals surface area (Å²) in [6.07, 6.45) is 0.970. The molecule has 0 aromatic rings. The van der Waals surface area contributed by atoms with Gasteiger partial charge < -0.3 is 5.11 Å². The fourth-order valence-electron chi connectivity index (χ4n) is 0.592. The number of nitrogens with one attached hydrogen (secondary N) is 1. The molecule has 0 bridgehead atoms. The van der Waals surface area contributed by atoms with Crippen LogP contribution < -0.4 is 5.32 Å². The van der Waals surface area contributed by atoms with E-state index in [0.717, 1.165) is 6.42 Å². The van der Waals surface area contributed by atoms with Gasteiger partial charge in [-0.05, 0) is 13.3 Å². The van der Waals surface area contributed by atoms with Crippen molar-refractivity contribution in [2.24, 2.45) is 0 Å². The van der Waals surface area contributed by atoms with Gasteiger partial charge >= 0.3 is 0 Å². The van der Waals surface area contributed by atoms with Gasteiger partial charge in [-0.2, -0.15) is 5.26 Å². The van der Waals surface area contributed by atoms with E-state index in [1.54, 1.807) is 0 Å². The van der Waals surface area contributed by atoms with Crippen LogP contribution in [0.15, 0.2) is 0 Å². The molecule has 2 unspecified atom stereocenters. The second-order valence-electron chi connectivity index (χ2n) is 2.34. The van der Waals surface area contributed by atoms with E-state index < -0.39 is 6.04 Å². The van der Waals surface area contributed by atoms with Crippen LogP contribution in [0.5, 0.6) is 0 Å². The van der Waals surface area contributed by atoms with Crippen LogP contribution in [0.1, 0.15) is 20.3 Å². The molecule has 0 aromatic carbocycles. The van der Waals surface area contributed by atoms with Crippen LogP contribution >= 0.6 is 0 Å². The summed E-state index contributed by atoms with van der Waals surface area (Å²) in [6, 6.07) is 1.85. The Morgan fingerprint density at radius 1 is 1.70 bits per heavy atom. The summed E-state index contributed by atoms with van der Waals surface area (Å²) in [4.78, 5) is 0. The zero-order chi connectivity index (χ0) is 7.98. The Kier molecular flexibility index (Phi) is 4.91. The number of aliphatic hydroxyl groups is 1. The van der Waals surface area contributed by atoms with Crippen molar-refractivity contribution < 1.29 is 5.11 Å². The highest BCUT2D eigenvalue weighted by atomic mass is 16.3. The second kappa shape index (κ2) is 5.21. The molecule has 0 amide bonds. The van der Waals surface area contributed by atoms with E-state index in [4.69, 9.17) is 10.4 Å². The molecule has 0 rings (SSSR count). The first-order valence-corrected chi connectivity index (χ1v) is 3.51. The zero-order valence-corrected chi connectivity index (χ0v) is 6.46. The van der Waals surface area contributed by atoms with Crippen LogP contribution in [-0.2, 0) is 0 Å². The number of rotatable bonds is 4. The Balaban J connectivity index is 3.54. The summed E-state index contributed by atoms with van der Waals surface area (Å²) in [7, 11) is 0. The monoisotopic (exact) mass is 142 g/mol. The molecule has 0 fully saturated rings. The lowest BCUT2D eigenvalue weighted by Crippen LogP contribution is -2.37. The molecule has 0 aliphatic rings. The molecular formula is C7H14N2O. The lowest BCUT2D eigenvalue weighted by atomic mass is 10.2. The quantitative estimate of drug-likeness (QED) is 0.592. The highest BCUT2D eigenvalue weighted by Gasteiger charge is 2.06. The third kappa shape index (κ3) is 3.44. The molecule has 0 aromatic heterocycles. The highest BCUT2D eigenvalue weighted by Crippen LogP contribution is 1.90. The molecule has 3 nitrogen and oxygen atoms in total. The Bertz CT molecular complexity index is 119. The smallest absolute Gasteiger partial charge is 0.119 e. The van der Waals surface area contributed by atoms with Crippen molar-refractivity contribution in [3.05, 3.63) is 0 Å². The summed E-state index contributed by atoms with van der Waals surface area (Å²) >= 11 is 0. The average molecular weight is 142 g/mol. The van der Waals surface area contributed by atoms with E-state index in [0.29, 0.717) is 6.04 Å². The number of hydrogen-bond acceptors (Lipinski definition) is 3. The van der Waals surface area contributed by atoms with Crippen LogP contribution in [0.3, 0.4) is 0 Å². The van der Waals surface area contributed by atoms with Gasteiger partial charge in [-0.1, -0.05) is 6.92 Å². The van der Waals surface area contributed by atoms with Crippen LogP contribution in [-0.4, -0.2) is 23.8 Å². The van der Waals surface area contributed by atoms with Crippen LogP contribution in [0, 0.1) is 11.3 Å². The normalized spacial score (nSPS) is 15.8. The van der Waals surface area contributed by atoms with Gasteiger partial charge in [0.15, 0.2) is 0 Å². The molecule has 0 aliphatic heterocycles. The van der Waals surface area contributed by atoms with Gasteiger partial charge in [0.2, 0.25) is 0 Å². The van der Waals surface area contributed by atoms with Crippen molar-refractivity contribution in [2.45, 2.75) is 32.4 Å². The lowest BCUT2D eigenvalue weighted by Gasteiger charge is -2.13. The molecule has 2 N–H and O–H groups in total. The Hall–Kier alpha value is -0.590. The van der Waals surface area contributed by atoms with Crippen molar-refractivity contribution in [1.29, 1.82) is 5.26 Å². The summed E-state index contributed by atoms with van der Waals surface area (Å²) in [5, 5.41) is 19.9. The summed E-state index contributed by atoms with van der Waals surface area (Å²) in [6.45, 7) is 3.91. The predicted octanol–water partition coefficient (Wildman–Crippen LogP) is 0.259. The Morgan fingerprint density at radius 2 is 2.30 bits per heavy atom. The van der Waals surface area contributed by atoms with Crippen molar-refractivity contribution in [3.8, 4) is 6.07 Å². The molecule has 0 saturated carbocycles. The van der Waals surface area contributed by atoms with Gasteiger partial charge in [0.1, 0.15) is 6.04 Å². The number of nitrogens with zero attached hydrogens (tertiary/aromatic N) is 1. The maximum atomic E-state index is 8.59. The minimum atomic E-state index is -0.407. The fraction of sp³-hybridized carbons (Fsp3) is 0.857. The largest absolute Gasteiger partial charge is 0.394 e. The maximum absolute atomic E-state index is 8.59. The first-order valence-electron chi connectivity index (χ1n) is 3.51. The van der Waals surface area contributed by atoms with Crippen molar-refractivity contribution in [3.63, 3.8) is 0 Å². The zero-order valence-electron chi connectivity index (χ0n) is 6.46. The molecule has 0 aliphatic carbocycles. The predicted molar refractivity (Wildman–Crippen MR) is 39.4 cm³/mol. The van der Waals surface area contributed by atoms with Gasteiger partial charge in [0, 0.05) is 6.04 Å². The highest BCUT2D eigenvalue weighted by molar-refractivity contribution is 4.90. The summed E-state index contributed by atoms with van der Waals surface area (Å²) < 4.78 is 0. The third-order valence-electron chi connectivity index (χ3n) is 1.44. The van der Waals surface area contributed by atoms with E-state index in [-0.39, 0.29) is 6.61 Å². The SMILES string of the molecule is CCC(C)NC(C#N)CO. The fourth-order valence-corrected chi connectivity index (χ4v) is 0.592. The van der Waals surface area contributed by atoms with Gasteiger partial charge in [0.05, 0.1) is 12.7 Å². The van der Waals surface area contributed by atoms with E-state index in [1.165, 1.54) is 0 Å². The number of hydrogen-bond donors (Lipinski definition) is 2. The molecule has 2 atom stereocenters. The second-order valence-corrected chi connectivity index (χ2v) is 2.34. The Morgan fingerprint density at radius 3 is 2.60 bits per heavy atom. The van der Waals surface area contributed by atoms with E-state index in [2.05, 4.69) is 5.32 Å². The molecule has 0 radical (unpaired) electrons. The molecule has 58 valence electrons. The first kappa shape index (κ1) is 9.41. The van der Waals surface area contributed by atoms with E-state index in [1.807, 2.05) is 19.9 Å². The molecule has 0 spiro atoms. The van der Waals surface area contributed by atoms with Crippen molar-refractivity contribution in [1.82, 2.24) is 5.32 Å². The average Bonchev–Trinajstić information content (AvgIpc) is 1.99. The van der Waals surface area contributed by atoms with E-state index >= 15 is 0 Å². The topological polar surface area (TPSA) is 56.0 Å². The summed E-state index contributed by atoms with van der Waals surface area (Å²) in [5.74, 6) is 0. The lowest BCUT2D eigenvalue weighted by molar-refractivity contribution is 0.258. The van der Waals surface area contributed by atoms with Crippen LogP contribution in [0.2, 0.25) is 0 Å². The van der Waals surface area contributed by atoms with E-state index in [9.17, 15) is 0 Å². The molecule has 10 heavy (non-hydrogen) atoms. The molecule has 3 heteroatoms.